The topological polar surface area (TPSA) is 84.5 Å². The number of ether oxygens (including phenoxy) is 1. The minimum absolute atomic E-state index is 0.0588. The third kappa shape index (κ3) is 5.76. The molecule has 1 aliphatic heterocycles. The third-order valence-electron chi connectivity index (χ3n) is 4.90. The van der Waals surface area contributed by atoms with Gasteiger partial charge in [0.1, 0.15) is 12.6 Å². The van der Waals surface area contributed by atoms with E-state index in [1.165, 1.54) is 0 Å². The van der Waals surface area contributed by atoms with Gasteiger partial charge in [-0.1, -0.05) is 56.3 Å². The number of nitrogens with one attached hydrogen (secondary N) is 2. The molecule has 1 aliphatic rings. The zero-order chi connectivity index (χ0) is 21.5. The second-order valence-corrected chi connectivity index (χ2v) is 7.44. The van der Waals surface area contributed by atoms with E-state index in [4.69, 9.17) is 4.74 Å². The molecule has 2 radical (unpaired) electrons. The first kappa shape index (κ1) is 21.7. The van der Waals surface area contributed by atoms with Crippen LogP contribution in [0.15, 0.2) is 54.6 Å². The van der Waals surface area contributed by atoms with E-state index < -0.39 is 18.0 Å². The van der Waals surface area contributed by atoms with E-state index in [0.29, 0.717) is 18.6 Å². The van der Waals surface area contributed by atoms with Crippen LogP contribution < -0.4 is 10.6 Å². The predicted molar refractivity (Wildman–Crippen MR) is 116 cm³/mol. The molecule has 0 aromatic heterocycles. The molecule has 0 bridgehead atoms. The summed E-state index contributed by atoms with van der Waals surface area (Å²) >= 11 is 0. The summed E-state index contributed by atoms with van der Waals surface area (Å²) in [4.78, 5) is 37.9. The SMILES string of the molecule is [CH2]C([CH2])CC(NC(=O)c1ccc2ccccc2c1)C(=O)N[C@H]1C/C=C\COCC1=O. The van der Waals surface area contributed by atoms with Crippen molar-refractivity contribution in [1.29, 1.82) is 0 Å². The quantitative estimate of drug-likeness (QED) is 0.723. The molecule has 6 nitrogen and oxygen atoms in total. The Kier molecular flexibility index (Phi) is 7.36. The number of benzene rings is 2. The maximum absolute atomic E-state index is 12.9. The molecule has 2 N–H and O–H groups in total. The van der Waals surface area contributed by atoms with Gasteiger partial charge in [-0.2, -0.15) is 0 Å². The van der Waals surface area contributed by atoms with E-state index in [-0.39, 0.29) is 30.6 Å². The number of Topliss-reactive ketones (excluding diaryl/α,β-unsaturated/α-hetero) is 1. The van der Waals surface area contributed by atoms with Gasteiger partial charge >= 0.3 is 0 Å². The molecular formula is C24H26N2O4. The van der Waals surface area contributed by atoms with Crippen LogP contribution in [0.4, 0.5) is 0 Å². The number of carbonyl (C=O) groups is 3. The Morgan fingerprint density at radius 2 is 1.87 bits per heavy atom. The Morgan fingerprint density at radius 1 is 1.10 bits per heavy atom. The third-order valence-corrected chi connectivity index (χ3v) is 4.90. The number of ketones is 1. The van der Waals surface area contributed by atoms with Crippen molar-refractivity contribution in [1.82, 2.24) is 10.6 Å². The maximum Gasteiger partial charge on any atom is 0.251 e. The Bertz CT molecular complexity index is 951. The van der Waals surface area contributed by atoms with Gasteiger partial charge in [0.2, 0.25) is 5.91 Å². The van der Waals surface area contributed by atoms with Gasteiger partial charge in [0, 0.05) is 5.56 Å². The standard InChI is InChI=1S/C24H26N2O4/c1-16(2)13-21(24(29)25-20-9-5-6-12-30-15-22(20)27)26-23(28)19-11-10-17-7-3-4-8-18(17)14-19/h3-8,10-11,14,16,20-21H,1-2,9,12-13,15H2,(H,25,29)(H,26,28)/b6-5-/t20-,21?/m0/s1. The maximum atomic E-state index is 12.9. The number of fused-ring (bicyclic) bond motifs is 1. The molecule has 0 saturated heterocycles. The van der Waals surface area contributed by atoms with Crippen molar-refractivity contribution in [2.75, 3.05) is 13.2 Å². The van der Waals surface area contributed by atoms with Gasteiger partial charge in [0.05, 0.1) is 12.6 Å². The van der Waals surface area contributed by atoms with E-state index in [2.05, 4.69) is 24.5 Å². The van der Waals surface area contributed by atoms with Crippen molar-refractivity contribution in [3.8, 4) is 0 Å². The van der Waals surface area contributed by atoms with Crippen LogP contribution in [-0.2, 0) is 14.3 Å². The van der Waals surface area contributed by atoms with E-state index in [9.17, 15) is 14.4 Å². The summed E-state index contributed by atoms with van der Waals surface area (Å²) in [6.07, 6.45) is 4.25. The lowest BCUT2D eigenvalue weighted by molar-refractivity contribution is -0.131. The molecular weight excluding hydrogens is 380 g/mol. The van der Waals surface area contributed by atoms with Crippen molar-refractivity contribution in [2.24, 2.45) is 5.92 Å². The summed E-state index contributed by atoms with van der Waals surface area (Å²) in [5.41, 5.74) is 0.453. The zero-order valence-electron chi connectivity index (χ0n) is 16.8. The molecule has 0 aliphatic carbocycles. The highest BCUT2D eigenvalue weighted by atomic mass is 16.5. The normalized spacial score (nSPS) is 19.0. The van der Waals surface area contributed by atoms with Crippen LogP contribution in [0, 0.1) is 19.8 Å². The number of hydrogen-bond acceptors (Lipinski definition) is 4. The van der Waals surface area contributed by atoms with Crippen molar-refractivity contribution in [3.05, 3.63) is 74.0 Å². The summed E-state index contributed by atoms with van der Waals surface area (Å²) in [6.45, 7) is 7.98. The fourth-order valence-corrected chi connectivity index (χ4v) is 3.31. The fraction of sp³-hybridized carbons (Fsp3) is 0.292. The summed E-state index contributed by atoms with van der Waals surface area (Å²) in [7, 11) is 0. The summed E-state index contributed by atoms with van der Waals surface area (Å²) < 4.78 is 5.20. The molecule has 2 aromatic carbocycles. The Hall–Kier alpha value is -2.99. The van der Waals surface area contributed by atoms with Gasteiger partial charge in [-0.25, -0.2) is 0 Å². The first-order valence-electron chi connectivity index (χ1n) is 9.95. The smallest absolute Gasteiger partial charge is 0.251 e. The molecule has 0 spiro atoms. The highest BCUT2D eigenvalue weighted by Gasteiger charge is 2.27. The molecule has 2 aromatic rings. The molecule has 6 heteroatoms. The second-order valence-electron chi connectivity index (χ2n) is 7.44. The van der Waals surface area contributed by atoms with E-state index >= 15 is 0 Å². The lowest BCUT2D eigenvalue weighted by Crippen LogP contribution is -2.52. The first-order chi connectivity index (χ1) is 14.4. The van der Waals surface area contributed by atoms with Crippen molar-refractivity contribution in [3.63, 3.8) is 0 Å². The highest BCUT2D eigenvalue weighted by Crippen LogP contribution is 2.16. The molecule has 2 atom stereocenters. The van der Waals surface area contributed by atoms with Crippen LogP contribution in [0.3, 0.4) is 0 Å². The summed E-state index contributed by atoms with van der Waals surface area (Å²) in [6, 6.07) is 11.5. The molecule has 1 unspecified atom stereocenters. The minimum atomic E-state index is -0.855. The van der Waals surface area contributed by atoms with Gasteiger partial charge in [0.25, 0.3) is 5.91 Å². The summed E-state index contributed by atoms with van der Waals surface area (Å²) in [5.74, 6) is -1.32. The van der Waals surface area contributed by atoms with Crippen molar-refractivity contribution < 1.29 is 19.1 Å². The number of hydrogen-bond donors (Lipinski definition) is 2. The lowest BCUT2D eigenvalue weighted by Gasteiger charge is -2.24. The van der Waals surface area contributed by atoms with Crippen LogP contribution in [0.1, 0.15) is 23.2 Å². The van der Waals surface area contributed by atoms with Crippen LogP contribution >= 0.6 is 0 Å². The van der Waals surface area contributed by atoms with Gasteiger partial charge in [-0.15, -0.1) is 0 Å². The van der Waals surface area contributed by atoms with Gasteiger partial charge in [0.15, 0.2) is 5.78 Å². The molecule has 2 amide bonds. The van der Waals surface area contributed by atoms with Gasteiger partial charge < -0.3 is 15.4 Å². The van der Waals surface area contributed by atoms with Crippen LogP contribution in [0.5, 0.6) is 0 Å². The highest BCUT2D eigenvalue weighted by molar-refractivity contribution is 6.01. The van der Waals surface area contributed by atoms with Crippen molar-refractivity contribution >= 4 is 28.4 Å². The molecule has 156 valence electrons. The first-order valence-corrected chi connectivity index (χ1v) is 9.95. The van der Waals surface area contributed by atoms with E-state index in [0.717, 1.165) is 10.8 Å². The average molecular weight is 406 g/mol. The largest absolute Gasteiger partial charge is 0.370 e. The molecule has 0 saturated carbocycles. The number of amides is 2. The second kappa shape index (κ2) is 10.2. The molecule has 1 heterocycles. The van der Waals surface area contributed by atoms with E-state index in [1.807, 2.05) is 36.4 Å². The van der Waals surface area contributed by atoms with Crippen LogP contribution in [0.25, 0.3) is 10.8 Å². The molecule has 30 heavy (non-hydrogen) atoms. The Labute approximate surface area is 176 Å². The lowest BCUT2D eigenvalue weighted by atomic mass is 10.0. The molecule has 3 rings (SSSR count). The minimum Gasteiger partial charge on any atom is -0.370 e. The van der Waals surface area contributed by atoms with Gasteiger partial charge in [-0.3, -0.25) is 14.4 Å². The van der Waals surface area contributed by atoms with Crippen molar-refractivity contribution in [2.45, 2.75) is 24.9 Å². The fourth-order valence-electron chi connectivity index (χ4n) is 3.31. The predicted octanol–water partition coefficient (Wildman–Crippen LogP) is 2.64. The zero-order valence-corrected chi connectivity index (χ0v) is 16.8. The van der Waals surface area contributed by atoms with Crippen LogP contribution in [-0.4, -0.2) is 42.9 Å². The van der Waals surface area contributed by atoms with Crippen LogP contribution in [0.2, 0.25) is 0 Å². The average Bonchev–Trinajstić information content (AvgIpc) is 2.72. The Balaban J connectivity index is 1.72. The summed E-state index contributed by atoms with van der Waals surface area (Å²) in [5, 5.41) is 7.47. The monoisotopic (exact) mass is 406 g/mol. The number of carbonyl (C=O) groups excluding carboxylic acids is 3. The molecule has 0 fully saturated rings. The van der Waals surface area contributed by atoms with E-state index in [1.54, 1.807) is 18.2 Å². The van der Waals surface area contributed by atoms with Gasteiger partial charge in [-0.05, 0) is 41.7 Å². The number of rotatable bonds is 6. The Morgan fingerprint density at radius 3 is 2.63 bits per heavy atom.